The van der Waals surface area contributed by atoms with Gasteiger partial charge in [-0.3, -0.25) is 0 Å². The van der Waals surface area contributed by atoms with Crippen LogP contribution in [-0.4, -0.2) is 50.8 Å². The fourth-order valence-electron chi connectivity index (χ4n) is 0.378. The summed E-state index contributed by atoms with van der Waals surface area (Å²) in [7, 11) is 21.6. The van der Waals surface area contributed by atoms with Gasteiger partial charge >= 0.3 is 0 Å². The molecule has 0 atom stereocenters. The summed E-state index contributed by atoms with van der Waals surface area (Å²) in [5, 5.41) is 0. The quantitative estimate of drug-likeness (QED) is 0.246. The Labute approximate surface area is 347 Å². The second-order valence-corrected chi connectivity index (χ2v) is 2.76. The first-order valence-corrected chi connectivity index (χ1v) is 4.00. The van der Waals surface area contributed by atoms with Crippen molar-refractivity contribution in [2.75, 3.05) is 0 Å². The van der Waals surface area contributed by atoms with E-state index in [-0.39, 0.29) is 286 Å². The molecule has 0 amide bonds. The Hall–Kier alpha value is 8.86. The predicted molar refractivity (Wildman–Crippen MR) is 220 cm³/mol. The molecule has 0 unspecified atom stereocenters. The summed E-state index contributed by atoms with van der Waals surface area (Å²) in [6, 6.07) is 0. The van der Waals surface area contributed by atoms with Crippen LogP contribution in [0.3, 0.4) is 0 Å². The molecule has 0 aliphatic heterocycles. The van der Waals surface area contributed by atoms with Crippen LogP contribution in [-0.2, 0) is 32.7 Å². The normalized spacial score (nSPS) is 6.43. The maximum absolute atomic E-state index is 5.19. The molecular formula is C5H22B7I10Y. The molecule has 1 rings (SSSR count). The Morgan fingerprint density at radius 2 is 0.739 bits per heavy atom. The Balaban J connectivity index is -0.00000000532. The predicted octanol–water partition coefficient (Wildman–Crippen LogP) is 5.71. The first-order valence-electron chi connectivity index (χ1n) is 4.00. The average molecular weight is 1520 g/mol. The molecule has 10 radical (unpaired) electrons. The molecule has 1 aliphatic rings. The van der Waals surface area contributed by atoms with Crippen LogP contribution in [0.4, 0.5) is 0 Å². The Bertz CT molecular complexity index is 106. The number of halogens is 10. The largest absolute Gasteiger partial charge is 0.107 e. The van der Waals surface area contributed by atoms with Crippen molar-refractivity contribution in [3.8, 4) is 0 Å². The summed E-state index contributed by atoms with van der Waals surface area (Å²) in [6.45, 7) is 0. The van der Waals surface area contributed by atoms with Crippen molar-refractivity contribution in [2.24, 2.45) is 0 Å². The standard InChI is InChI=1S/C4H8.CH4.B7.10HI.Y/c1-2-4-3-1;;1-5-7(4)6(2)3;;;;;;;;;;;/h1-4H2;1H4;;10*1H;. The van der Waals surface area contributed by atoms with Crippen molar-refractivity contribution in [2.45, 2.75) is 33.1 Å². The fraction of sp³-hybridized carbons (Fsp3) is 1.00. The summed E-state index contributed by atoms with van der Waals surface area (Å²) in [5.74, 6) is 0. The molecule has 0 saturated heterocycles. The second kappa shape index (κ2) is 69.8. The van der Waals surface area contributed by atoms with Crippen LogP contribution in [0.2, 0.25) is 0 Å². The number of hydrogen-bond acceptors (Lipinski definition) is 0. The first-order chi connectivity index (χ1) is 5.18. The summed E-state index contributed by atoms with van der Waals surface area (Å²) in [4.78, 5) is 0. The molecule has 0 spiro atoms. The van der Waals surface area contributed by atoms with Gasteiger partial charge in [0.1, 0.15) is 0 Å². The zero-order chi connectivity index (χ0) is 8.69. The van der Waals surface area contributed by atoms with E-state index in [0.29, 0.717) is 0 Å². The van der Waals surface area contributed by atoms with Crippen LogP contribution in [0.15, 0.2) is 0 Å². The molecule has 0 nitrogen and oxygen atoms in total. The maximum Gasteiger partial charge on any atom is 0 e. The Kier molecular flexibility index (Phi) is 259. The van der Waals surface area contributed by atoms with Crippen molar-refractivity contribution < 1.29 is 32.7 Å². The number of hydrogen-bond donors (Lipinski definition) is 0. The van der Waals surface area contributed by atoms with Gasteiger partial charge in [-0.05, 0) is 0 Å². The fourth-order valence-corrected chi connectivity index (χ4v) is 0.378. The third-order valence-corrected chi connectivity index (χ3v) is 1.67. The van der Waals surface area contributed by atoms with Gasteiger partial charge in [0.05, 0.1) is 0 Å². The average Bonchev–Trinajstić information content (AvgIpc) is 1.82. The van der Waals surface area contributed by atoms with E-state index < -0.39 is 6.39 Å². The van der Waals surface area contributed by atoms with Crippen LogP contribution < -0.4 is 0 Å². The molecule has 0 aromatic carbocycles. The van der Waals surface area contributed by atoms with Crippen molar-refractivity contribution in [3.05, 3.63) is 0 Å². The summed E-state index contributed by atoms with van der Waals surface area (Å²) in [6.07, 6.45) is 5.07. The smallest absolute Gasteiger partial charge is 0 e. The van der Waals surface area contributed by atoms with E-state index >= 15 is 0 Å². The van der Waals surface area contributed by atoms with Crippen LogP contribution in [0.1, 0.15) is 33.1 Å². The van der Waals surface area contributed by atoms with Crippen molar-refractivity contribution >= 4 is 291 Å². The molecule has 18 heteroatoms. The Morgan fingerprint density at radius 3 is 0.739 bits per heavy atom. The molecule has 0 bridgehead atoms. The SMILES string of the molecule is C.C1CCC1.I.I.I.I.I.I.I.I.I.I.[B][B]B([B])B([B])[B].[Y]. The van der Waals surface area contributed by atoms with Gasteiger partial charge in [-0.15, -0.1) is 240 Å². The van der Waals surface area contributed by atoms with E-state index in [1.807, 2.05) is 0 Å². The van der Waals surface area contributed by atoms with Crippen LogP contribution in [0, 0.1) is 0 Å². The topological polar surface area (TPSA) is 0 Å². The van der Waals surface area contributed by atoms with Gasteiger partial charge in [-0.2, -0.15) is 0 Å². The molecule has 1 aliphatic carbocycles. The minimum Gasteiger partial charge on any atom is -0.107 e. The van der Waals surface area contributed by atoms with E-state index in [1.165, 1.54) is 32.7 Å². The zero-order valence-corrected chi connectivity index (χ0v) is 37.7. The summed E-state index contributed by atoms with van der Waals surface area (Å²) < 4.78 is 0. The van der Waals surface area contributed by atoms with Crippen LogP contribution in [0.25, 0.3) is 0 Å². The van der Waals surface area contributed by atoms with Crippen LogP contribution in [0.5, 0.6) is 0 Å². The molecule has 1 fully saturated rings. The molecule has 0 aromatic rings. The van der Waals surface area contributed by atoms with Gasteiger partial charge in [-0.25, -0.2) is 0 Å². The minimum absolute atomic E-state index is 0. The maximum atomic E-state index is 5.19. The number of rotatable bonds is 2. The summed E-state index contributed by atoms with van der Waals surface area (Å²) >= 11 is 0. The summed E-state index contributed by atoms with van der Waals surface area (Å²) in [5.41, 5.74) is 0. The second-order valence-electron chi connectivity index (χ2n) is 2.76. The molecular weight excluding hydrogens is 1490 g/mol. The van der Waals surface area contributed by atoms with Crippen molar-refractivity contribution in [1.82, 2.24) is 0 Å². The van der Waals surface area contributed by atoms with Gasteiger partial charge < -0.3 is 0 Å². The van der Waals surface area contributed by atoms with Gasteiger partial charge in [0.25, 0.3) is 0 Å². The van der Waals surface area contributed by atoms with E-state index in [1.54, 1.807) is 0 Å². The van der Waals surface area contributed by atoms with Gasteiger partial charge in [-0.1, -0.05) is 33.1 Å². The third-order valence-electron chi connectivity index (χ3n) is 1.67. The minimum atomic E-state index is -0.537. The van der Waals surface area contributed by atoms with E-state index in [4.69, 9.17) is 30.9 Å². The van der Waals surface area contributed by atoms with Crippen LogP contribution >= 0.6 is 240 Å². The third kappa shape index (κ3) is 72.3. The molecule has 23 heavy (non-hydrogen) atoms. The molecule has 0 heterocycles. The molecule has 136 valence electrons. The van der Waals surface area contributed by atoms with E-state index in [9.17, 15) is 0 Å². The zero-order valence-electron chi connectivity index (χ0n) is 11.5. The first kappa shape index (κ1) is 85.3. The molecule has 0 aromatic heterocycles. The van der Waals surface area contributed by atoms with Gasteiger partial charge in [0.2, 0.25) is 0 Å². The van der Waals surface area contributed by atoms with Crippen molar-refractivity contribution in [1.29, 1.82) is 0 Å². The van der Waals surface area contributed by atoms with Gasteiger partial charge in [0.15, 0.2) is 0 Å². The Morgan fingerprint density at radius 1 is 0.565 bits per heavy atom. The molecule has 1 saturated carbocycles. The van der Waals surface area contributed by atoms with E-state index in [0.717, 1.165) is 0 Å². The van der Waals surface area contributed by atoms with Gasteiger partial charge in [0, 0.05) is 83.5 Å². The van der Waals surface area contributed by atoms with Crippen molar-refractivity contribution in [3.63, 3.8) is 0 Å². The van der Waals surface area contributed by atoms with E-state index in [2.05, 4.69) is 0 Å². The monoisotopic (exact) mass is 1520 g/mol. The molecule has 0 N–H and O–H groups in total.